The van der Waals surface area contributed by atoms with Crippen LogP contribution in [-0.2, 0) is 6.42 Å². The quantitative estimate of drug-likeness (QED) is 0.715. The van der Waals surface area contributed by atoms with Crippen LogP contribution in [0.2, 0.25) is 0 Å². The van der Waals surface area contributed by atoms with E-state index in [1.165, 1.54) is 6.39 Å². The molecule has 0 aliphatic rings. The van der Waals surface area contributed by atoms with Crippen LogP contribution in [0.25, 0.3) is 22.4 Å². The zero-order chi connectivity index (χ0) is 11.7. The van der Waals surface area contributed by atoms with E-state index in [0.717, 1.165) is 34.5 Å². The molecule has 0 amide bonds. The van der Waals surface area contributed by atoms with Crippen molar-refractivity contribution in [3.63, 3.8) is 0 Å². The van der Waals surface area contributed by atoms with E-state index in [9.17, 15) is 0 Å². The fourth-order valence-corrected chi connectivity index (χ4v) is 1.91. The Morgan fingerprint density at radius 1 is 1.29 bits per heavy atom. The van der Waals surface area contributed by atoms with Crippen LogP contribution in [0.4, 0.5) is 0 Å². The number of benzene rings is 1. The third-order valence-corrected chi connectivity index (χ3v) is 2.72. The number of nitrogens with two attached hydrogens (primary N) is 1. The van der Waals surface area contributed by atoms with Gasteiger partial charge in [0.15, 0.2) is 12.0 Å². The molecule has 2 aromatic heterocycles. The number of oxazole rings is 1. The summed E-state index contributed by atoms with van der Waals surface area (Å²) in [5.74, 6) is 0. The molecule has 0 fully saturated rings. The van der Waals surface area contributed by atoms with E-state index in [0.29, 0.717) is 6.54 Å². The van der Waals surface area contributed by atoms with Gasteiger partial charge in [0.2, 0.25) is 0 Å². The van der Waals surface area contributed by atoms with E-state index in [-0.39, 0.29) is 0 Å². The van der Waals surface area contributed by atoms with Gasteiger partial charge in [-0.05, 0) is 18.7 Å². The SMILES string of the molecule is NCCc1[nH]cnc1-c1ccc2ncoc2c1. The molecular formula is C12H12N4O. The van der Waals surface area contributed by atoms with Gasteiger partial charge in [-0.15, -0.1) is 0 Å². The summed E-state index contributed by atoms with van der Waals surface area (Å²) in [6.07, 6.45) is 3.91. The van der Waals surface area contributed by atoms with Crippen LogP contribution in [0.15, 0.2) is 35.3 Å². The largest absolute Gasteiger partial charge is 0.443 e. The maximum absolute atomic E-state index is 5.56. The number of nitrogens with one attached hydrogen (secondary N) is 1. The molecular weight excluding hydrogens is 216 g/mol. The summed E-state index contributed by atoms with van der Waals surface area (Å²) in [6.45, 7) is 0.597. The van der Waals surface area contributed by atoms with E-state index < -0.39 is 0 Å². The lowest BCUT2D eigenvalue weighted by molar-refractivity contribution is 0.602. The van der Waals surface area contributed by atoms with Gasteiger partial charge < -0.3 is 15.1 Å². The molecule has 0 saturated carbocycles. The first-order valence-corrected chi connectivity index (χ1v) is 5.44. The Hall–Kier alpha value is -2.14. The topological polar surface area (TPSA) is 80.7 Å². The van der Waals surface area contributed by atoms with Crippen LogP contribution in [0.3, 0.4) is 0 Å². The van der Waals surface area contributed by atoms with Crippen LogP contribution in [0.1, 0.15) is 5.69 Å². The minimum absolute atomic E-state index is 0.597. The average Bonchev–Trinajstić information content (AvgIpc) is 2.96. The standard InChI is InChI=1S/C12H12N4O/c13-4-3-10-12(15-6-14-10)8-1-2-9-11(5-8)17-7-16-9/h1-2,5-7H,3-4,13H2,(H,14,15). The lowest BCUT2D eigenvalue weighted by Crippen LogP contribution is -2.03. The molecule has 0 spiro atoms. The summed E-state index contributed by atoms with van der Waals surface area (Å²) >= 11 is 0. The number of fused-ring (bicyclic) bond motifs is 1. The van der Waals surface area contributed by atoms with Gasteiger partial charge in [-0.3, -0.25) is 0 Å². The number of hydrogen-bond acceptors (Lipinski definition) is 4. The van der Waals surface area contributed by atoms with Crippen LogP contribution in [-0.4, -0.2) is 21.5 Å². The summed E-state index contributed by atoms with van der Waals surface area (Å²) in [5, 5.41) is 0. The zero-order valence-corrected chi connectivity index (χ0v) is 9.18. The maximum atomic E-state index is 5.56. The molecule has 0 bridgehead atoms. The number of nitrogens with zero attached hydrogens (tertiary/aromatic N) is 2. The summed E-state index contributed by atoms with van der Waals surface area (Å²) < 4.78 is 5.28. The molecule has 3 N–H and O–H groups in total. The van der Waals surface area contributed by atoms with Crippen molar-refractivity contribution in [1.82, 2.24) is 15.0 Å². The van der Waals surface area contributed by atoms with Crippen molar-refractivity contribution in [2.45, 2.75) is 6.42 Å². The van der Waals surface area contributed by atoms with Gasteiger partial charge >= 0.3 is 0 Å². The highest BCUT2D eigenvalue weighted by Crippen LogP contribution is 2.24. The van der Waals surface area contributed by atoms with Gasteiger partial charge in [0, 0.05) is 17.7 Å². The number of H-pyrrole nitrogens is 1. The number of aromatic amines is 1. The highest BCUT2D eigenvalue weighted by Gasteiger charge is 2.09. The molecule has 0 atom stereocenters. The molecule has 3 aromatic rings. The van der Waals surface area contributed by atoms with Gasteiger partial charge in [-0.2, -0.15) is 0 Å². The first-order valence-electron chi connectivity index (χ1n) is 5.44. The number of rotatable bonds is 3. The first kappa shape index (κ1) is 10.0. The average molecular weight is 228 g/mol. The van der Waals surface area contributed by atoms with E-state index in [4.69, 9.17) is 10.2 Å². The second-order valence-electron chi connectivity index (χ2n) is 3.80. The monoisotopic (exact) mass is 228 g/mol. The van der Waals surface area contributed by atoms with E-state index in [1.54, 1.807) is 6.33 Å². The normalized spacial score (nSPS) is 11.1. The Morgan fingerprint density at radius 2 is 2.24 bits per heavy atom. The second-order valence-corrected chi connectivity index (χ2v) is 3.80. The predicted molar refractivity (Wildman–Crippen MR) is 64.3 cm³/mol. The second kappa shape index (κ2) is 4.03. The summed E-state index contributed by atoms with van der Waals surface area (Å²) in [6, 6.07) is 5.86. The fourth-order valence-electron chi connectivity index (χ4n) is 1.91. The maximum Gasteiger partial charge on any atom is 0.181 e. The Morgan fingerprint density at radius 3 is 3.12 bits per heavy atom. The first-order chi connectivity index (χ1) is 8.38. The molecule has 2 heterocycles. The molecule has 0 saturated heterocycles. The zero-order valence-electron chi connectivity index (χ0n) is 9.18. The van der Waals surface area contributed by atoms with Gasteiger partial charge in [0.05, 0.1) is 12.0 Å². The van der Waals surface area contributed by atoms with Gasteiger partial charge in [0.1, 0.15) is 5.52 Å². The molecule has 5 heteroatoms. The Kier molecular flexibility index (Phi) is 2.38. The molecule has 17 heavy (non-hydrogen) atoms. The minimum atomic E-state index is 0.597. The van der Waals surface area contributed by atoms with Crippen LogP contribution < -0.4 is 5.73 Å². The van der Waals surface area contributed by atoms with Crippen molar-refractivity contribution < 1.29 is 4.42 Å². The van der Waals surface area contributed by atoms with Gasteiger partial charge in [0.25, 0.3) is 0 Å². The summed E-state index contributed by atoms with van der Waals surface area (Å²) in [5.41, 5.74) is 10.2. The number of hydrogen-bond donors (Lipinski definition) is 2. The third-order valence-electron chi connectivity index (χ3n) is 2.72. The molecule has 0 radical (unpaired) electrons. The summed E-state index contributed by atoms with van der Waals surface area (Å²) in [4.78, 5) is 11.5. The lowest BCUT2D eigenvalue weighted by Gasteiger charge is -2.01. The molecule has 1 aromatic carbocycles. The molecule has 5 nitrogen and oxygen atoms in total. The number of aromatic nitrogens is 3. The molecule has 86 valence electrons. The van der Waals surface area contributed by atoms with Crippen LogP contribution >= 0.6 is 0 Å². The van der Waals surface area contributed by atoms with Crippen molar-refractivity contribution in [2.75, 3.05) is 6.54 Å². The van der Waals surface area contributed by atoms with Gasteiger partial charge in [-0.1, -0.05) is 6.07 Å². The Balaban J connectivity index is 2.09. The molecule has 0 unspecified atom stereocenters. The smallest absolute Gasteiger partial charge is 0.181 e. The lowest BCUT2D eigenvalue weighted by atomic mass is 10.1. The molecule has 3 rings (SSSR count). The van der Waals surface area contributed by atoms with Gasteiger partial charge in [-0.25, -0.2) is 9.97 Å². The van der Waals surface area contributed by atoms with E-state index >= 15 is 0 Å². The van der Waals surface area contributed by atoms with Crippen LogP contribution in [0, 0.1) is 0 Å². The molecule has 0 aliphatic carbocycles. The Labute approximate surface area is 97.7 Å². The minimum Gasteiger partial charge on any atom is -0.443 e. The van der Waals surface area contributed by atoms with Crippen molar-refractivity contribution in [1.29, 1.82) is 0 Å². The number of imidazole rings is 1. The van der Waals surface area contributed by atoms with Crippen molar-refractivity contribution in [3.8, 4) is 11.3 Å². The van der Waals surface area contributed by atoms with E-state index in [1.807, 2.05) is 18.2 Å². The highest BCUT2D eigenvalue weighted by atomic mass is 16.3. The van der Waals surface area contributed by atoms with E-state index in [2.05, 4.69) is 15.0 Å². The van der Waals surface area contributed by atoms with Crippen molar-refractivity contribution in [2.24, 2.45) is 5.73 Å². The highest BCUT2D eigenvalue weighted by molar-refractivity contribution is 5.79. The summed E-state index contributed by atoms with van der Waals surface area (Å²) in [7, 11) is 0. The fraction of sp³-hybridized carbons (Fsp3) is 0.167. The van der Waals surface area contributed by atoms with Crippen molar-refractivity contribution in [3.05, 3.63) is 36.6 Å². The third kappa shape index (κ3) is 1.70. The predicted octanol–water partition coefficient (Wildman–Crippen LogP) is 1.72. The van der Waals surface area contributed by atoms with Crippen molar-refractivity contribution >= 4 is 11.1 Å². The molecule has 0 aliphatic heterocycles. The van der Waals surface area contributed by atoms with Crippen LogP contribution in [0.5, 0.6) is 0 Å². The Bertz CT molecular complexity index is 641.